The average Bonchev–Trinajstić information content (AvgIpc) is 3.10. The lowest BCUT2D eigenvalue weighted by molar-refractivity contribution is 0.239. The lowest BCUT2D eigenvalue weighted by Gasteiger charge is -2.42. The van der Waals surface area contributed by atoms with Crippen molar-refractivity contribution in [1.29, 1.82) is 0 Å². The van der Waals surface area contributed by atoms with Crippen molar-refractivity contribution in [3.8, 4) is 0 Å². The minimum atomic E-state index is -0.637. The molecule has 0 spiro atoms. The monoisotopic (exact) mass is 353 g/mol. The van der Waals surface area contributed by atoms with Gasteiger partial charge in [0.15, 0.2) is 5.82 Å². The van der Waals surface area contributed by atoms with Crippen LogP contribution in [0, 0.1) is 5.92 Å². The van der Waals surface area contributed by atoms with Crippen LogP contribution < -0.4 is 27.9 Å². The minimum absolute atomic E-state index is 0.294. The Kier molecular flexibility index (Phi) is 4.44. The van der Waals surface area contributed by atoms with Crippen molar-refractivity contribution in [2.24, 2.45) is 23.1 Å². The van der Waals surface area contributed by atoms with E-state index in [0.717, 1.165) is 48.5 Å². The number of rotatable bonds is 4. The number of hydrogen-bond acceptors (Lipinski definition) is 6. The Morgan fingerprint density at radius 3 is 2.85 bits per heavy atom. The smallest absolute Gasteiger partial charge is 0.174 e. The molecule has 1 aromatic heterocycles. The van der Waals surface area contributed by atoms with Gasteiger partial charge in [0, 0.05) is 36.6 Å². The first-order valence-corrected chi connectivity index (χ1v) is 9.22. The normalized spacial score (nSPS) is 28.0. The molecule has 1 unspecified atom stereocenters. The van der Waals surface area contributed by atoms with Gasteiger partial charge in [0.25, 0.3) is 0 Å². The third-order valence-electron chi connectivity index (χ3n) is 5.47. The van der Waals surface area contributed by atoms with Crippen molar-refractivity contribution in [1.82, 2.24) is 9.66 Å². The van der Waals surface area contributed by atoms with Crippen LogP contribution in [-0.2, 0) is 6.54 Å². The van der Waals surface area contributed by atoms with Crippen LogP contribution in [0.25, 0.3) is 5.70 Å². The van der Waals surface area contributed by atoms with Crippen LogP contribution in [0.15, 0.2) is 42.7 Å². The summed E-state index contributed by atoms with van der Waals surface area (Å²) in [6.45, 7) is 0.508. The number of nitrogens with two attached hydrogens (primary N) is 3. The van der Waals surface area contributed by atoms with Crippen LogP contribution in [0.4, 0.5) is 5.69 Å². The summed E-state index contributed by atoms with van der Waals surface area (Å²) in [6, 6.07) is 8.38. The maximum atomic E-state index is 6.82. The van der Waals surface area contributed by atoms with Crippen LogP contribution in [-0.4, -0.2) is 21.4 Å². The van der Waals surface area contributed by atoms with Gasteiger partial charge >= 0.3 is 0 Å². The molecule has 1 atom stereocenters. The van der Waals surface area contributed by atoms with Crippen molar-refractivity contribution in [3.63, 3.8) is 0 Å². The third kappa shape index (κ3) is 3.21. The van der Waals surface area contributed by atoms with Gasteiger partial charge in [-0.2, -0.15) is 0 Å². The number of anilines is 1. The molecule has 0 saturated heterocycles. The topological polar surface area (TPSA) is 120 Å². The average molecular weight is 353 g/mol. The second-order valence-electron chi connectivity index (χ2n) is 7.36. The van der Waals surface area contributed by atoms with Crippen molar-refractivity contribution in [2.45, 2.75) is 43.9 Å². The highest BCUT2D eigenvalue weighted by Gasteiger charge is 2.39. The summed E-state index contributed by atoms with van der Waals surface area (Å²) < 4.78 is 1.91. The summed E-state index contributed by atoms with van der Waals surface area (Å²) in [5.74, 6) is 1.14. The summed E-state index contributed by atoms with van der Waals surface area (Å²) >= 11 is 0. The minimum Gasteiger partial charge on any atom is -0.353 e. The van der Waals surface area contributed by atoms with Gasteiger partial charge in [-0.3, -0.25) is 0 Å². The molecule has 2 aliphatic rings. The molecule has 1 aliphatic carbocycles. The Morgan fingerprint density at radius 1 is 1.27 bits per heavy atom. The van der Waals surface area contributed by atoms with Gasteiger partial charge in [-0.05, 0) is 49.5 Å². The number of benzene rings is 1. The molecule has 26 heavy (non-hydrogen) atoms. The fraction of sp³-hybridized carbons (Fsp3) is 0.421. The molecule has 7 heteroatoms. The number of fused-ring (bicyclic) bond motifs is 1. The zero-order valence-electron chi connectivity index (χ0n) is 14.9. The van der Waals surface area contributed by atoms with Crippen molar-refractivity contribution < 1.29 is 0 Å². The van der Waals surface area contributed by atoms with Gasteiger partial charge in [-0.1, -0.05) is 12.1 Å². The van der Waals surface area contributed by atoms with E-state index in [9.17, 15) is 0 Å². The largest absolute Gasteiger partial charge is 0.353 e. The van der Waals surface area contributed by atoms with E-state index in [1.165, 1.54) is 0 Å². The number of nitrogens with zero attached hydrogens (tertiary/aromatic N) is 2. The zero-order valence-corrected chi connectivity index (χ0v) is 14.9. The standard InChI is InChI=1S/C19H27N7/c20-12-13-2-1-3-16(10-13)24-17-11-19(22,14-4-6-15(21)7-5-14)25-26-9-8-23-18(17)26/h1-3,8-11,14-15,24-25H,4-7,12,20-22H2. The fourth-order valence-electron chi connectivity index (χ4n) is 3.97. The van der Waals surface area contributed by atoms with Gasteiger partial charge in [0.05, 0.1) is 5.70 Å². The molecular formula is C19H27N7. The van der Waals surface area contributed by atoms with E-state index in [1.807, 2.05) is 35.1 Å². The molecule has 0 amide bonds. The maximum absolute atomic E-state index is 6.82. The van der Waals surface area contributed by atoms with Gasteiger partial charge in [-0.15, -0.1) is 0 Å². The van der Waals surface area contributed by atoms with E-state index < -0.39 is 5.66 Å². The Morgan fingerprint density at radius 2 is 2.08 bits per heavy atom. The van der Waals surface area contributed by atoms with Crippen LogP contribution >= 0.6 is 0 Å². The predicted octanol–water partition coefficient (Wildman–Crippen LogP) is 1.52. The Balaban J connectivity index is 1.65. The maximum Gasteiger partial charge on any atom is 0.174 e. The molecule has 1 aliphatic heterocycles. The Hall–Kier alpha value is -2.35. The second-order valence-corrected chi connectivity index (χ2v) is 7.36. The fourth-order valence-corrected chi connectivity index (χ4v) is 3.97. The number of hydrogen-bond donors (Lipinski definition) is 5. The molecule has 1 aromatic carbocycles. The van der Waals surface area contributed by atoms with Crippen LogP contribution in [0.2, 0.25) is 0 Å². The van der Waals surface area contributed by atoms with Crippen LogP contribution in [0.3, 0.4) is 0 Å². The van der Waals surface area contributed by atoms with E-state index in [2.05, 4.69) is 21.8 Å². The molecule has 1 saturated carbocycles. The Bertz CT molecular complexity index is 804. The predicted molar refractivity (Wildman–Crippen MR) is 104 cm³/mol. The third-order valence-corrected chi connectivity index (χ3v) is 5.47. The van der Waals surface area contributed by atoms with E-state index in [-0.39, 0.29) is 0 Å². The van der Waals surface area contributed by atoms with Gasteiger partial charge in [-0.25, -0.2) is 9.66 Å². The Labute approximate surface area is 153 Å². The van der Waals surface area contributed by atoms with E-state index in [0.29, 0.717) is 18.5 Å². The first-order valence-electron chi connectivity index (χ1n) is 9.22. The highest BCUT2D eigenvalue weighted by Crippen LogP contribution is 2.35. The summed E-state index contributed by atoms with van der Waals surface area (Å²) in [6.07, 6.45) is 9.80. The lowest BCUT2D eigenvalue weighted by Crippen LogP contribution is -2.58. The molecule has 2 aromatic rings. The zero-order chi connectivity index (χ0) is 18.1. The van der Waals surface area contributed by atoms with Crippen LogP contribution in [0.1, 0.15) is 37.1 Å². The van der Waals surface area contributed by atoms with Crippen molar-refractivity contribution in [3.05, 3.63) is 54.1 Å². The molecular weight excluding hydrogens is 326 g/mol. The molecule has 2 heterocycles. The highest BCUT2D eigenvalue weighted by molar-refractivity contribution is 5.76. The van der Waals surface area contributed by atoms with E-state index in [4.69, 9.17) is 17.2 Å². The summed E-state index contributed by atoms with van der Waals surface area (Å²) in [7, 11) is 0. The molecule has 1 fully saturated rings. The van der Waals surface area contributed by atoms with Crippen molar-refractivity contribution >= 4 is 11.4 Å². The van der Waals surface area contributed by atoms with Crippen LogP contribution in [0.5, 0.6) is 0 Å². The highest BCUT2D eigenvalue weighted by atomic mass is 15.5. The van der Waals surface area contributed by atoms with Crippen molar-refractivity contribution in [2.75, 3.05) is 10.7 Å². The summed E-state index contributed by atoms with van der Waals surface area (Å²) in [4.78, 5) is 4.47. The number of imidazole rings is 1. The molecule has 0 radical (unpaired) electrons. The number of nitrogens with one attached hydrogen (secondary N) is 2. The SMILES string of the molecule is NCc1cccc(NC2=CC(N)(C3CCC(N)CC3)Nn3ccnc32)c1. The number of aromatic nitrogens is 2. The second kappa shape index (κ2) is 6.75. The molecule has 4 rings (SSSR count). The van der Waals surface area contributed by atoms with E-state index in [1.54, 1.807) is 6.20 Å². The lowest BCUT2D eigenvalue weighted by atomic mass is 9.78. The first-order chi connectivity index (χ1) is 12.6. The molecule has 0 bridgehead atoms. The summed E-state index contributed by atoms with van der Waals surface area (Å²) in [5, 5.41) is 3.48. The molecule has 8 N–H and O–H groups in total. The quantitative estimate of drug-likeness (QED) is 0.568. The van der Waals surface area contributed by atoms with Gasteiger partial charge in [0.1, 0.15) is 5.66 Å². The molecule has 7 nitrogen and oxygen atoms in total. The first kappa shape index (κ1) is 17.1. The molecule has 138 valence electrons. The van der Waals surface area contributed by atoms with Gasteiger partial charge in [0.2, 0.25) is 0 Å². The summed E-state index contributed by atoms with van der Waals surface area (Å²) in [5.41, 5.74) is 24.4. The van der Waals surface area contributed by atoms with Gasteiger partial charge < -0.3 is 27.9 Å². The van der Waals surface area contributed by atoms with E-state index >= 15 is 0 Å².